The molecule has 2 fully saturated rings. The van der Waals surface area contributed by atoms with Crippen LogP contribution in [-0.4, -0.2) is 18.2 Å². The highest BCUT2D eigenvalue weighted by Crippen LogP contribution is 2.35. The molecular weight excluding hydrogens is 258 g/mol. The zero-order chi connectivity index (χ0) is 13.1. The summed E-state index contributed by atoms with van der Waals surface area (Å²) < 4.78 is 6.29. The third-order valence-corrected chi connectivity index (χ3v) is 4.67. The van der Waals surface area contributed by atoms with Crippen LogP contribution in [0.5, 0.6) is 0 Å². The fourth-order valence-corrected chi connectivity index (χ4v) is 3.05. The summed E-state index contributed by atoms with van der Waals surface area (Å²) in [4.78, 5) is 0. The lowest BCUT2D eigenvalue weighted by molar-refractivity contribution is -0.0506. The average Bonchev–Trinajstić information content (AvgIpc) is 3.15. The van der Waals surface area contributed by atoms with E-state index in [1.54, 1.807) is 0 Å². The van der Waals surface area contributed by atoms with Crippen molar-refractivity contribution in [1.29, 1.82) is 0 Å². The van der Waals surface area contributed by atoms with Crippen molar-refractivity contribution in [2.24, 2.45) is 0 Å². The Bertz CT molecular complexity index is 425. The molecule has 2 nitrogen and oxygen atoms in total. The van der Waals surface area contributed by atoms with Crippen molar-refractivity contribution in [1.82, 2.24) is 5.32 Å². The maximum Gasteiger partial charge on any atom is 0.0810 e. The Kier molecular flexibility index (Phi) is 4.11. The van der Waals surface area contributed by atoms with Crippen molar-refractivity contribution >= 4 is 11.6 Å². The Balaban J connectivity index is 1.59. The van der Waals surface area contributed by atoms with E-state index >= 15 is 0 Å². The molecule has 3 rings (SSSR count). The molecule has 3 heteroatoms. The lowest BCUT2D eigenvalue weighted by atomic mass is 10.0. The molecule has 2 aliphatic rings. The first-order valence-electron chi connectivity index (χ1n) is 7.38. The van der Waals surface area contributed by atoms with Crippen LogP contribution in [0.1, 0.15) is 44.1 Å². The summed E-state index contributed by atoms with van der Waals surface area (Å²) in [5.41, 5.74) is 1.14. The summed E-state index contributed by atoms with van der Waals surface area (Å²) in [6, 6.07) is 8.73. The second-order valence-corrected chi connectivity index (χ2v) is 6.33. The smallest absolute Gasteiger partial charge is 0.0810 e. The molecule has 0 aliphatic heterocycles. The molecule has 0 radical (unpaired) electrons. The summed E-state index contributed by atoms with van der Waals surface area (Å²) in [6.45, 7) is 1.63. The van der Waals surface area contributed by atoms with Crippen molar-refractivity contribution < 1.29 is 4.74 Å². The largest absolute Gasteiger partial charge is 0.369 e. The molecule has 0 spiro atoms. The van der Waals surface area contributed by atoms with E-state index in [0.717, 1.165) is 23.2 Å². The van der Waals surface area contributed by atoms with Crippen LogP contribution in [0.15, 0.2) is 24.3 Å². The first-order valence-corrected chi connectivity index (χ1v) is 7.76. The van der Waals surface area contributed by atoms with E-state index in [9.17, 15) is 0 Å². The second kappa shape index (κ2) is 5.82. The molecule has 104 valence electrons. The minimum Gasteiger partial charge on any atom is -0.369 e. The Morgan fingerprint density at radius 2 is 1.95 bits per heavy atom. The highest BCUT2D eigenvalue weighted by atomic mass is 35.5. The van der Waals surface area contributed by atoms with Gasteiger partial charge in [0.25, 0.3) is 0 Å². The van der Waals surface area contributed by atoms with Gasteiger partial charge in [0.15, 0.2) is 0 Å². The summed E-state index contributed by atoms with van der Waals surface area (Å²) in [7, 11) is 0. The van der Waals surface area contributed by atoms with Crippen LogP contribution in [0.2, 0.25) is 5.02 Å². The van der Waals surface area contributed by atoms with Crippen LogP contribution in [-0.2, 0) is 11.3 Å². The number of hydrogen-bond acceptors (Lipinski definition) is 2. The molecule has 2 saturated carbocycles. The lowest BCUT2D eigenvalue weighted by Crippen LogP contribution is -2.41. The van der Waals surface area contributed by atoms with Crippen molar-refractivity contribution in [3.05, 3.63) is 34.9 Å². The number of rotatable bonds is 6. The van der Waals surface area contributed by atoms with E-state index in [0.29, 0.717) is 6.61 Å². The minimum atomic E-state index is 0.0434. The molecule has 0 unspecified atom stereocenters. The fourth-order valence-electron chi connectivity index (χ4n) is 2.86. The van der Waals surface area contributed by atoms with Gasteiger partial charge in [-0.05, 0) is 37.3 Å². The van der Waals surface area contributed by atoms with Crippen molar-refractivity contribution in [2.45, 2.75) is 56.8 Å². The highest BCUT2D eigenvalue weighted by Gasteiger charge is 2.36. The summed E-state index contributed by atoms with van der Waals surface area (Å²) in [5, 5.41) is 4.44. The van der Waals surface area contributed by atoms with Crippen molar-refractivity contribution in [3.8, 4) is 0 Å². The topological polar surface area (TPSA) is 21.3 Å². The second-order valence-electron chi connectivity index (χ2n) is 5.93. The molecule has 0 saturated heterocycles. The van der Waals surface area contributed by atoms with Crippen LogP contribution in [0.25, 0.3) is 0 Å². The van der Waals surface area contributed by atoms with Gasteiger partial charge in [-0.1, -0.05) is 42.6 Å². The molecule has 1 aromatic rings. The minimum absolute atomic E-state index is 0.0434. The van der Waals surface area contributed by atoms with Gasteiger partial charge in [0, 0.05) is 17.6 Å². The van der Waals surface area contributed by atoms with Gasteiger partial charge in [-0.25, -0.2) is 0 Å². The Morgan fingerprint density at radius 3 is 2.63 bits per heavy atom. The molecule has 1 N–H and O–H groups in total. The first kappa shape index (κ1) is 13.4. The number of benzene rings is 1. The number of hydrogen-bond donors (Lipinski definition) is 1. The lowest BCUT2D eigenvalue weighted by Gasteiger charge is -2.30. The van der Waals surface area contributed by atoms with Crippen LogP contribution >= 0.6 is 11.6 Å². The molecular formula is C16H22ClNO. The molecule has 0 bridgehead atoms. The number of halogens is 1. The highest BCUT2D eigenvalue weighted by molar-refractivity contribution is 6.31. The third kappa shape index (κ3) is 3.50. The fraction of sp³-hybridized carbons (Fsp3) is 0.625. The van der Waals surface area contributed by atoms with Crippen LogP contribution in [0.4, 0.5) is 0 Å². The van der Waals surface area contributed by atoms with E-state index in [1.807, 2.05) is 18.2 Å². The van der Waals surface area contributed by atoms with Gasteiger partial charge in [0.1, 0.15) is 0 Å². The molecule has 19 heavy (non-hydrogen) atoms. The first-order chi connectivity index (χ1) is 9.27. The number of ether oxygens (including phenoxy) is 1. The van der Waals surface area contributed by atoms with E-state index < -0.39 is 0 Å². The van der Waals surface area contributed by atoms with Gasteiger partial charge >= 0.3 is 0 Å². The SMILES string of the molecule is Clc1ccccc1COC1(CNC2CC2)CCCC1. The maximum absolute atomic E-state index is 6.29. The van der Waals surface area contributed by atoms with Gasteiger partial charge in [-0.15, -0.1) is 0 Å². The van der Waals surface area contributed by atoms with Crippen LogP contribution < -0.4 is 5.32 Å². The molecule has 0 amide bonds. The molecule has 0 atom stereocenters. The van der Waals surface area contributed by atoms with Gasteiger partial charge in [-0.2, -0.15) is 0 Å². The Labute approximate surface area is 120 Å². The monoisotopic (exact) mass is 279 g/mol. The van der Waals surface area contributed by atoms with E-state index in [-0.39, 0.29) is 5.60 Å². The predicted molar refractivity (Wildman–Crippen MR) is 78.5 cm³/mol. The molecule has 0 heterocycles. The Hall–Kier alpha value is -0.570. The van der Waals surface area contributed by atoms with Gasteiger partial charge in [0.05, 0.1) is 12.2 Å². The van der Waals surface area contributed by atoms with Crippen molar-refractivity contribution in [2.75, 3.05) is 6.54 Å². The van der Waals surface area contributed by atoms with Gasteiger partial charge in [-0.3, -0.25) is 0 Å². The standard InChI is InChI=1S/C16H22ClNO/c17-15-6-2-1-5-13(15)11-19-16(9-3-4-10-16)12-18-14-7-8-14/h1-2,5-6,14,18H,3-4,7-12H2. The predicted octanol–water partition coefficient (Wildman–Crippen LogP) is 3.92. The average molecular weight is 280 g/mol. The van der Waals surface area contributed by atoms with Crippen molar-refractivity contribution in [3.63, 3.8) is 0 Å². The molecule has 0 aromatic heterocycles. The molecule has 1 aromatic carbocycles. The summed E-state index contributed by atoms with van der Waals surface area (Å²) >= 11 is 6.20. The van der Waals surface area contributed by atoms with Crippen LogP contribution in [0.3, 0.4) is 0 Å². The normalized spacial score (nSPS) is 21.7. The molecule has 2 aliphatic carbocycles. The maximum atomic E-state index is 6.29. The third-order valence-electron chi connectivity index (χ3n) is 4.30. The van der Waals surface area contributed by atoms with E-state index in [2.05, 4.69) is 11.4 Å². The number of nitrogens with one attached hydrogen (secondary N) is 1. The zero-order valence-corrected chi connectivity index (χ0v) is 12.1. The Morgan fingerprint density at radius 1 is 1.21 bits per heavy atom. The van der Waals surface area contributed by atoms with Crippen LogP contribution in [0, 0.1) is 0 Å². The van der Waals surface area contributed by atoms with E-state index in [4.69, 9.17) is 16.3 Å². The quantitative estimate of drug-likeness (QED) is 0.852. The summed E-state index contributed by atoms with van der Waals surface area (Å²) in [6.07, 6.45) is 7.60. The summed E-state index contributed by atoms with van der Waals surface area (Å²) in [5.74, 6) is 0. The van der Waals surface area contributed by atoms with Gasteiger partial charge < -0.3 is 10.1 Å². The van der Waals surface area contributed by atoms with Gasteiger partial charge in [0.2, 0.25) is 0 Å². The van der Waals surface area contributed by atoms with E-state index in [1.165, 1.54) is 38.5 Å². The zero-order valence-electron chi connectivity index (χ0n) is 11.3.